The molecule has 0 radical (unpaired) electrons. The van der Waals surface area contributed by atoms with Crippen molar-refractivity contribution in [3.8, 4) is 0 Å². The maximum Gasteiger partial charge on any atom is 0.127 e. The van der Waals surface area contributed by atoms with E-state index in [0.717, 1.165) is 0 Å². The molecule has 1 aromatic rings. The van der Waals surface area contributed by atoms with Gasteiger partial charge < -0.3 is 10.8 Å². The Labute approximate surface area is 110 Å². The maximum atomic E-state index is 13.7. The minimum absolute atomic E-state index is 0.103. The number of hydrogen-bond acceptors (Lipinski definition) is 2. The van der Waals surface area contributed by atoms with Gasteiger partial charge in [-0.1, -0.05) is 42.8 Å². The van der Waals surface area contributed by atoms with Crippen LogP contribution in [0.1, 0.15) is 26.3 Å². The van der Waals surface area contributed by atoms with E-state index in [1.807, 2.05) is 20.8 Å². The third-order valence-electron chi connectivity index (χ3n) is 3.23. The largest absolute Gasteiger partial charge is 0.388 e. The Balaban J connectivity index is 3.03. The minimum Gasteiger partial charge on any atom is -0.388 e. The van der Waals surface area contributed by atoms with Gasteiger partial charge in [0.15, 0.2) is 0 Å². The molecule has 1 rings (SSSR count). The zero-order valence-corrected chi connectivity index (χ0v) is 12.0. The van der Waals surface area contributed by atoms with Crippen LogP contribution in [0.15, 0.2) is 22.7 Å². The number of aliphatic hydroxyl groups is 1. The maximum absolute atomic E-state index is 13.7. The Morgan fingerprint density at radius 2 is 1.94 bits per heavy atom. The fourth-order valence-corrected chi connectivity index (χ4v) is 1.96. The van der Waals surface area contributed by atoms with Crippen LogP contribution < -0.4 is 5.73 Å². The fraction of sp³-hybridized carbons (Fsp3) is 0.538. The summed E-state index contributed by atoms with van der Waals surface area (Å²) in [5, 5.41) is 10.5. The highest BCUT2D eigenvalue weighted by Crippen LogP contribution is 2.33. The third-order valence-corrected chi connectivity index (χ3v) is 3.73. The van der Waals surface area contributed by atoms with E-state index in [1.165, 1.54) is 6.07 Å². The van der Waals surface area contributed by atoms with E-state index in [-0.39, 0.29) is 18.8 Å². The van der Waals surface area contributed by atoms with Gasteiger partial charge in [-0.15, -0.1) is 0 Å². The van der Waals surface area contributed by atoms with Gasteiger partial charge in [-0.2, -0.15) is 0 Å². The smallest absolute Gasteiger partial charge is 0.127 e. The molecule has 2 nitrogen and oxygen atoms in total. The number of benzene rings is 1. The first-order valence-electron chi connectivity index (χ1n) is 5.56. The van der Waals surface area contributed by atoms with Crippen molar-refractivity contribution in [3.05, 3.63) is 34.1 Å². The quantitative estimate of drug-likeness (QED) is 0.902. The van der Waals surface area contributed by atoms with E-state index in [0.29, 0.717) is 10.0 Å². The molecule has 1 unspecified atom stereocenters. The van der Waals surface area contributed by atoms with Gasteiger partial charge in [0.1, 0.15) is 5.82 Å². The normalized spacial score (nSPS) is 15.7. The molecule has 0 aliphatic rings. The first-order chi connectivity index (χ1) is 7.69. The summed E-state index contributed by atoms with van der Waals surface area (Å²) in [6.45, 7) is 5.80. The Morgan fingerprint density at radius 3 is 2.35 bits per heavy atom. The summed E-state index contributed by atoms with van der Waals surface area (Å²) in [4.78, 5) is 0. The molecule has 0 heterocycles. The standard InChI is InChI=1S/C13H19BrFNO/c1-12(2,3)13(17,8-16)7-9-4-5-10(14)6-11(9)15/h4-6,17H,7-8,16H2,1-3H3. The molecule has 96 valence electrons. The van der Waals surface area contributed by atoms with Gasteiger partial charge in [-0.3, -0.25) is 0 Å². The molecular weight excluding hydrogens is 285 g/mol. The summed E-state index contributed by atoms with van der Waals surface area (Å²) in [6.07, 6.45) is 0.214. The lowest BCUT2D eigenvalue weighted by atomic mass is 9.73. The number of rotatable bonds is 3. The van der Waals surface area contributed by atoms with E-state index in [4.69, 9.17) is 5.73 Å². The summed E-state index contributed by atoms with van der Waals surface area (Å²) >= 11 is 3.21. The second kappa shape index (κ2) is 5.04. The Kier molecular flexibility index (Phi) is 4.33. The predicted molar refractivity (Wildman–Crippen MR) is 71.3 cm³/mol. The topological polar surface area (TPSA) is 46.2 Å². The molecule has 0 saturated heterocycles. The molecule has 0 fully saturated rings. The fourth-order valence-electron chi connectivity index (χ4n) is 1.62. The summed E-state index contributed by atoms with van der Waals surface area (Å²) in [5.74, 6) is -0.324. The van der Waals surface area contributed by atoms with Gasteiger partial charge in [0.05, 0.1) is 5.60 Å². The van der Waals surface area contributed by atoms with E-state index in [1.54, 1.807) is 12.1 Å². The molecule has 1 aromatic carbocycles. The van der Waals surface area contributed by atoms with Crippen molar-refractivity contribution >= 4 is 15.9 Å². The molecule has 0 aliphatic heterocycles. The van der Waals surface area contributed by atoms with Crippen molar-refractivity contribution < 1.29 is 9.50 Å². The highest BCUT2D eigenvalue weighted by molar-refractivity contribution is 9.10. The van der Waals surface area contributed by atoms with Crippen LogP contribution in [0.25, 0.3) is 0 Å². The van der Waals surface area contributed by atoms with Crippen LogP contribution in [0.5, 0.6) is 0 Å². The Bertz CT molecular complexity index is 403. The third kappa shape index (κ3) is 3.27. The molecule has 0 aromatic heterocycles. The molecule has 3 N–H and O–H groups in total. The number of halogens is 2. The van der Waals surface area contributed by atoms with Crippen molar-refractivity contribution in [2.24, 2.45) is 11.1 Å². The average Bonchev–Trinajstić information content (AvgIpc) is 2.20. The van der Waals surface area contributed by atoms with Gasteiger partial charge >= 0.3 is 0 Å². The molecule has 0 amide bonds. The second-order valence-electron chi connectivity index (χ2n) is 5.40. The van der Waals surface area contributed by atoms with E-state index < -0.39 is 11.0 Å². The molecule has 0 spiro atoms. The molecular formula is C13H19BrFNO. The first kappa shape index (κ1) is 14.6. The monoisotopic (exact) mass is 303 g/mol. The zero-order valence-electron chi connectivity index (χ0n) is 10.4. The highest BCUT2D eigenvalue weighted by atomic mass is 79.9. The van der Waals surface area contributed by atoms with Crippen LogP contribution in [0.2, 0.25) is 0 Å². The summed E-state index contributed by atoms with van der Waals surface area (Å²) in [7, 11) is 0. The van der Waals surface area contributed by atoms with Crippen molar-refractivity contribution in [2.45, 2.75) is 32.8 Å². The van der Waals surface area contributed by atoms with Crippen LogP contribution >= 0.6 is 15.9 Å². The van der Waals surface area contributed by atoms with Gasteiger partial charge in [-0.25, -0.2) is 4.39 Å². The molecule has 4 heteroatoms. The summed E-state index contributed by atoms with van der Waals surface area (Å²) < 4.78 is 14.4. The lowest BCUT2D eigenvalue weighted by Crippen LogP contribution is -2.51. The molecule has 0 saturated carbocycles. The van der Waals surface area contributed by atoms with Gasteiger partial charge in [0, 0.05) is 17.4 Å². The highest BCUT2D eigenvalue weighted by Gasteiger charge is 2.39. The van der Waals surface area contributed by atoms with Crippen molar-refractivity contribution in [2.75, 3.05) is 6.54 Å². The number of hydrogen-bond donors (Lipinski definition) is 2. The van der Waals surface area contributed by atoms with Crippen molar-refractivity contribution in [1.82, 2.24) is 0 Å². The SMILES string of the molecule is CC(C)(C)C(O)(CN)Cc1ccc(Br)cc1F. The van der Waals surface area contributed by atoms with Gasteiger partial charge in [0.25, 0.3) is 0 Å². The van der Waals surface area contributed by atoms with Crippen LogP contribution in [-0.4, -0.2) is 17.3 Å². The van der Waals surface area contributed by atoms with Crippen LogP contribution in [0, 0.1) is 11.2 Å². The lowest BCUT2D eigenvalue weighted by molar-refractivity contribution is -0.0495. The number of nitrogens with two attached hydrogens (primary N) is 1. The lowest BCUT2D eigenvalue weighted by Gasteiger charge is -2.39. The van der Waals surface area contributed by atoms with Crippen LogP contribution in [0.4, 0.5) is 4.39 Å². The van der Waals surface area contributed by atoms with Crippen LogP contribution in [0.3, 0.4) is 0 Å². The van der Waals surface area contributed by atoms with E-state index in [9.17, 15) is 9.50 Å². The first-order valence-corrected chi connectivity index (χ1v) is 6.35. The van der Waals surface area contributed by atoms with Crippen LogP contribution in [-0.2, 0) is 6.42 Å². The predicted octanol–water partition coefficient (Wildman–Crippen LogP) is 2.87. The van der Waals surface area contributed by atoms with E-state index in [2.05, 4.69) is 15.9 Å². The van der Waals surface area contributed by atoms with Crippen molar-refractivity contribution in [3.63, 3.8) is 0 Å². The Morgan fingerprint density at radius 1 is 1.35 bits per heavy atom. The minimum atomic E-state index is -1.11. The van der Waals surface area contributed by atoms with Crippen molar-refractivity contribution in [1.29, 1.82) is 0 Å². The molecule has 0 aliphatic carbocycles. The van der Waals surface area contributed by atoms with Gasteiger partial charge in [-0.05, 0) is 23.1 Å². The average molecular weight is 304 g/mol. The van der Waals surface area contributed by atoms with Gasteiger partial charge in [0.2, 0.25) is 0 Å². The molecule has 1 atom stereocenters. The molecule has 0 bridgehead atoms. The Hall–Kier alpha value is -0.450. The zero-order chi connectivity index (χ0) is 13.3. The summed E-state index contributed by atoms with van der Waals surface area (Å²) in [5.41, 5.74) is 4.61. The van der Waals surface area contributed by atoms with E-state index >= 15 is 0 Å². The summed E-state index contributed by atoms with van der Waals surface area (Å²) in [6, 6.07) is 4.83. The molecule has 17 heavy (non-hydrogen) atoms. The second-order valence-corrected chi connectivity index (χ2v) is 6.31.